The highest BCUT2D eigenvalue weighted by Gasteiger charge is 2.17. The molecule has 1 atom stereocenters. The van der Waals surface area contributed by atoms with Gasteiger partial charge in [0.2, 0.25) is 0 Å². The van der Waals surface area contributed by atoms with Gasteiger partial charge >= 0.3 is 0 Å². The van der Waals surface area contributed by atoms with Crippen molar-refractivity contribution in [1.29, 1.82) is 0 Å². The van der Waals surface area contributed by atoms with Gasteiger partial charge in [0.25, 0.3) is 5.91 Å². The standard InChI is InChI=1S/C20H24FN5O/c1-12(26-15(4)13(2)14(3)23-26)11-22-20(27)18-10-19(25(5)24-18)16-6-8-17(21)9-7-16/h6-10,12H,11H2,1-5H3,(H,22,27). The van der Waals surface area contributed by atoms with Gasteiger partial charge in [-0.1, -0.05) is 0 Å². The van der Waals surface area contributed by atoms with E-state index in [9.17, 15) is 9.18 Å². The molecule has 27 heavy (non-hydrogen) atoms. The van der Waals surface area contributed by atoms with Crippen molar-refractivity contribution >= 4 is 5.91 Å². The lowest BCUT2D eigenvalue weighted by molar-refractivity contribution is 0.0942. The van der Waals surface area contributed by atoms with Crippen molar-refractivity contribution in [3.8, 4) is 11.3 Å². The smallest absolute Gasteiger partial charge is 0.271 e. The van der Waals surface area contributed by atoms with Crippen LogP contribution in [0, 0.1) is 26.6 Å². The van der Waals surface area contributed by atoms with Gasteiger partial charge in [0.05, 0.1) is 17.4 Å². The number of halogens is 1. The Labute approximate surface area is 158 Å². The van der Waals surface area contributed by atoms with Crippen LogP contribution in [0.2, 0.25) is 0 Å². The largest absolute Gasteiger partial charge is 0.349 e. The predicted octanol–water partition coefficient (Wildman–Crippen LogP) is 3.34. The van der Waals surface area contributed by atoms with E-state index in [4.69, 9.17) is 0 Å². The molecule has 0 saturated heterocycles. The first kappa shape index (κ1) is 18.8. The maximum Gasteiger partial charge on any atom is 0.271 e. The average Bonchev–Trinajstić information content (AvgIpc) is 3.15. The molecule has 0 aliphatic heterocycles. The summed E-state index contributed by atoms with van der Waals surface area (Å²) in [4.78, 5) is 12.5. The van der Waals surface area contributed by atoms with E-state index in [1.165, 1.54) is 17.7 Å². The molecule has 0 aliphatic rings. The Balaban J connectivity index is 1.70. The summed E-state index contributed by atoms with van der Waals surface area (Å²) < 4.78 is 16.7. The highest BCUT2D eigenvalue weighted by molar-refractivity contribution is 5.93. The molecule has 7 heteroatoms. The topological polar surface area (TPSA) is 64.7 Å². The molecule has 0 fully saturated rings. The van der Waals surface area contributed by atoms with Crippen LogP contribution >= 0.6 is 0 Å². The van der Waals surface area contributed by atoms with E-state index in [0.717, 1.165) is 22.6 Å². The van der Waals surface area contributed by atoms with Crippen LogP contribution in [0.4, 0.5) is 4.39 Å². The Morgan fingerprint density at radius 2 is 1.85 bits per heavy atom. The van der Waals surface area contributed by atoms with Gasteiger partial charge < -0.3 is 5.32 Å². The van der Waals surface area contributed by atoms with Crippen molar-refractivity contribution in [2.24, 2.45) is 7.05 Å². The number of hydrogen-bond donors (Lipinski definition) is 1. The number of nitrogens with zero attached hydrogens (tertiary/aromatic N) is 4. The molecule has 0 radical (unpaired) electrons. The number of aromatic nitrogens is 4. The fourth-order valence-corrected chi connectivity index (χ4v) is 3.06. The van der Waals surface area contributed by atoms with Gasteiger partial charge in [-0.3, -0.25) is 14.2 Å². The Bertz CT molecular complexity index is 971. The first-order valence-electron chi connectivity index (χ1n) is 8.88. The zero-order valence-corrected chi connectivity index (χ0v) is 16.2. The first-order chi connectivity index (χ1) is 12.8. The summed E-state index contributed by atoms with van der Waals surface area (Å²) in [5, 5.41) is 11.7. The number of aryl methyl sites for hydroxylation is 2. The van der Waals surface area contributed by atoms with Crippen LogP contribution < -0.4 is 5.32 Å². The fraction of sp³-hybridized carbons (Fsp3) is 0.350. The molecular weight excluding hydrogens is 345 g/mol. The number of benzene rings is 1. The zero-order valence-electron chi connectivity index (χ0n) is 16.2. The number of rotatable bonds is 5. The summed E-state index contributed by atoms with van der Waals surface area (Å²) in [6.07, 6.45) is 0. The van der Waals surface area contributed by atoms with Crippen LogP contribution in [0.1, 0.15) is 40.4 Å². The second kappa shape index (κ2) is 7.34. The second-order valence-electron chi connectivity index (χ2n) is 6.84. The lowest BCUT2D eigenvalue weighted by atomic mass is 10.1. The van der Waals surface area contributed by atoms with E-state index in [2.05, 4.69) is 15.5 Å². The number of carbonyl (C=O) groups excluding carboxylic acids is 1. The van der Waals surface area contributed by atoms with E-state index >= 15 is 0 Å². The second-order valence-corrected chi connectivity index (χ2v) is 6.84. The molecule has 2 heterocycles. The lowest BCUT2D eigenvalue weighted by Crippen LogP contribution is -2.30. The number of carbonyl (C=O) groups is 1. The van der Waals surface area contributed by atoms with E-state index in [-0.39, 0.29) is 17.8 Å². The van der Waals surface area contributed by atoms with Crippen molar-refractivity contribution < 1.29 is 9.18 Å². The van der Waals surface area contributed by atoms with Crippen molar-refractivity contribution in [3.05, 3.63) is 58.8 Å². The molecule has 1 aromatic carbocycles. The summed E-state index contributed by atoms with van der Waals surface area (Å²) in [6.45, 7) is 8.52. The Hall–Kier alpha value is -2.96. The molecule has 0 bridgehead atoms. The molecule has 1 N–H and O–H groups in total. The molecule has 0 aliphatic carbocycles. The van der Waals surface area contributed by atoms with Gasteiger partial charge in [0, 0.05) is 19.3 Å². The highest BCUT2D eigenvalue weighted by Crippen LogP contribution is 2.20. The first-order valence-corrected chi connectivity index (χ1v) is 8.88. The Morgan fingerprint density at radius 3 is 2.44 bits per heavy atom. The lowest BCUT2D eigenvalue weighted by Gasteiger charge is -2.15. The maximum absolute atomic E-state index is 13.1. The van der Waals surface area contributed by atoms with Gasteiger partial charge in [-0.2, -0.15) is 10.2 Å². The normalized spacial score (nSPS) is 12.2. The minimum atomic E-state index is -0.299. The molecule has 0 saturated carbocycles. The summed E-state index contributed by atoms with van der Waals surface area (Å²) >= 11 is 0. The van der Waals surface area contributed by atoms with Crippen LogP contribution in [-0.4, -0.2) is 32.0 Å². The molecule has 1 unspecified atom stereocenters. The summed E-state index contributed by atoms with van der Waals surface area (Å²) in [7, 11) is 1.76. The minimum absolute atomic E-state index is 0.0293. The summed E-state index contributed by atoms with van der Waals surface area (Å²) in [5.41, 5.74) is 5.15. The van der Waals surface area contributed by atoms with Crippen LogP contribution in [0.15, 0.2) is 30.3 Å². The Morgan fingerprint density at radius 1 is 1.19 bits per heavy atom. The van der Waals surface area contributed by atoms with Crippen LogP contribution in [-0.2, 0) is 7.05 Å². The van der Waals surface area contributed by atoms with E-state index in [0.29, 0.717) is 12.2 Å². The third kappa shape index (κ3) is 3.77. The third-order valence-electron chi connectivity index (χ3n) is 4.91. The van der Waals surface area contributed by atoms with Gasteiger partial charge in [-0.15, -0.1) is 0 Å². The average molecular weight is 369 g/mol. The fourth-order valence-electron chi connectivity index (χ4n) is 3.06. The van der Waals surface area contributed by atoms with E-state index in [1.54, 1.807) is 29.9 Å². The minimum Gasteiger partial charge on any atom is -0.349 e. The van der Waals surface area contributed by atoms with Gasteiger partial charge in [0.1, 0.15) is 5.82 Å². The summed E-state index contributed by atoms with van der Waals surface area (Å²) in [5.74, 6) is -0.545. The number of hydrogen-bond acceptors (Lipinski definition) is 3. The zero-order chi connectivity index (χ0) is 19.7. The van der Waals surface area contributed by atoms with Crippen molar-refractivity contribution in [3.63, 3.8) is 0 Å². The van der Waals surface area contributed by atoms with Crippen molar-refractivity contribution in [1.82, 2.24) is 24.9 Å². The van der Waals surface area contributed by atoms with Gasteiger partial charge in [-0.05, 0) is 69.2 Å². The molecular formula is C20H24FN5O. The summed E-state index contributed by atoms with van der Waals surface area (Å²) in [6, 6.07) is 7.85. The quantitative estimate of drug-likeness (QED) is 0.750. The van der Waals surface area contributed by atoms with Crippen molar-refractivity contribution in [2.75, 3.05) is 6.54 Å². The monoisotopic (exact) mass is 369 g/mol. The molecule has 3 aromatic rings. The SMILES string of the molecule is Cc1nn(C(C)CNC(=O)c2cc(-c3ccc(F)cc3)n(C)n2)c(C)c1C. The maximum atomic E-state index is 13.1. The number of amides is 1. The molecule has 142 valence electrons. The molecule has 2 aromatic heterocycles. The number of nitrogens with one attached hydrogen (secondary N) is 1. The van der Waals surface area contributed by atoms with Crippen LogP contribution in [0.5, 0.6) is 0 Å². The molecule has 1 amide bonds. The van der Waals surface area contributed by atoms with Gasteiger partial charge in [0.15, 0.2) is 5.69 Å². The molecule has 3 rings (SSSR count). The van der Waals surface area contributed by atoms with Crippen molar-refractivity contribution in [2.45, 2.75) is 33.7 Å². The van der Waals surface area contributed by atoms with E-state index in [1.807, 2.05) is 32.4 Å². The van der Waals surface area contributed by atoms with E-state index < -0.39 is 0 Å². The molecule has 6 nitrogen and oxygen atoms in total. The van der Waals surface area contributed by atoms with Gasteiger partial charge in [-0.25, -0.2) is 4.39 Å². The third-order valence-corrected chi connectivity index (χ3v) is 4.91. The van der Waals surface area contributed by atoms with Crippen LogP contribution in [0.3, 0.4) is 0 Å². The predicted molar refractivity (Wildman–Crippen MR) is 102 cm³/mol. The van der Waals surface area contributed by atoms with Crippen LogP contribution in [0.25, 0.3) is 11.3 Å². The highest BCUT2D eigenvalue weighted by atomic mass is 19.1. The Kier molecular flexibility index (Phi) is 5.12. The molecule has 0 spiro atoms.